The van der Waals surface area contributed by atoms with Gasteiger partial charge < -0.3 is 19.5 Å². The first kappa shape index (κ1) is 23.3. The van der Waals surface area contributed by atoms with E-state index >= 15 is 0 Å². The summed E-state index contributed by atoms with van der Waals surface area (Å²) in [5.74, 6) is 0.616. The van der Waals surface area contributed by atoms with Gasteiger partial charge in [0.05, 0.1) is 24.0 Å². The number of imide groups is 1. The zero-order valence-corrected chi connectivity index (χ0v) is 19.0. The van der Waals surface area contributed by atoms with E-state index in [1.807, 2.05) is 45.0 Å². The van der Waals surface area contributed by atoms with Gasteiger partial charge in [0.2, 0.25) is 0 Å². The van der Waals surface area contributed by atoms with Gasteiger partial charge in [0.15, 0.2) is 0 Å². The van der Waals surface area contributed by atoms with Gasteiger partial charge in [0, 0.05) is 20.3 Å². The molecule has 7 heteroatoms. The molecule has 0 fully saturated rings. The van der Waals surface area contributed by atoms with Crippen LogP contribution in [0.5, 0.6) is 11.5 Å². The number of carbonyl (C=O) groups excluding carboxylic acids is 2. The summed E-state index contributed by atoms with van der Waals surface area (Å²) >= 11 is 0. The van der Waals surface area contributed by atoms with Crippen LogP contribution >= 0.6 is 0 Å². The van der Waals surface area contributed by atoms with E-state index in [0.717, 1.165) is 0 Å². The van der Waals surface area contributed by atoms with Crippen molar-refractivity contribution in [3.63, 3.8) is 0 Å². The van der Waals surface area contributed by atoms with Gasteiger partial charge >= 0.3 is 0 Å². The highest BCUT2D eigenvalue weighted by Gasteiger charge is 2.39. The first-order valence-electron chi connectivity index (χ1n) is 10.8. The molecule has 0 bridgehead atoms. The van der Waals surface area contributed by atoms with Crippen molar-refractivity contribution in [2.75, 3.05) is 32.2 Å². The van der Waals surface area contributed by atoms with Crippen molar-refractivity contribution in [1.29, 1.82) is 0 Å². The molecule has 1 N–H and O–H groups in total. The molecule has 1 aliphatic heterocycles. The van der Waals surface area contributed by atoms with E-state index in [-0.39, 0.29) is 30.2 Å². The van der Waals surface area contributed by atoms with Gasteiger partial charge in [0.25, 0.3) is 11.8 Å². The summed E-state index contributed by atoms with van der Waals surface area (Å²) in [5, 5.41) is 3.17. The Labute approximate surface area is 189 Å². The minimum absolute atomic E-state index is 0.0401. The summed E-state index contributed by atoms with van der Waals surface area (Å²) in [6, 6.07) is 14.6. The van der Waals surface area contributed by atoms with Crippen molar-refractivity contribution in [3.8, 4) is 11.5 Å². The number of carbonyl (C=O) groups is 2. The maximum Gasteiger partial charge on any atom is 0.278 e. The van der Waals surface area contributed by atoms with Crippen LogP contribution in [-0.2, 0) is 14.3 Å². The van der Waals surface area contributed by atoms with Crippen LogP contribution in [0.4, 0.5) is 5.69 Å². The van der Waals surface area contributed by atoms with Crippen LogP contribution in [-0.4, -0.2) is 49.7 Å². The first-order valence-corrected chi connectivity index (χ1v) is 10.8. The molecule has 0 unspecified atom stereocenters. The average molecular weight is 439 g/mol. The average Bonchev–Trinajstić information content (AvgIpc) is 3.00. The van der Waals surface area contributed by atoms with Crippen LogP contribution in [0.15, 0.2) is 54.2 Å². The van der Waals surface area contributed by atoms with Gasteiger partial charge in [-0.15, -0.1) is 0 Å². The molecular formula is C25H30N2O5. The van der Waals surface area contributed by atoms with Crippen LogP contribution in [0.1, 0.15) is 32.8 Å². The van der Waals surface area contributed by atoms with Crippen LogP contribution < -0.4 is 14.8 Å². The Morgan fingerprint density at radius 3 is 2.38 bits per heavy atom. The highest BCUT2D eigenvalue weighted by molar-refractivity contribution is 6.36. The van der Waals surface area contributed by atoms with Gasteiger partial charge in [-0.05, 0) is 57.0 Å². The Morgan fingerprint density at radius 1 is 1.00 bits per heavy atom. The Morgan fingerprint density at radius 2 is 1.72 bits per heavy atom. The Balaban J connectivity index is 1.99. The summed E-state index contributed by atoms with van der Waals surface area (Å²) in [7, 11) is 1.59. The lowest BCUT2D eigenvalue weighted by atomic mass is 10.0. The molecule has 1 aliphatic rings. The number of amides is 2. The molecule has 2 aromatic carbocycles. The van der Waals surface area contributed by atoms with Crippen molar-refractivity contribution in [2.45, 2.75) is 33.3 Å². The van der Waals surface area contributed by atoms with Gasteiger partial charge in [0.1, 0.15) is 17.2 Å². The monoisotopic (exact) mass is 438 g/mol. The van der Waals surface area contributed by atoms with E-state index in [9.17, 15) is 9.59 Å². The van der Waals surface area contributed by atoms with Crippen molar-refractivity contribution in [2.24, 2.45) is 0 Å². The molecule has 0 radical (unpaired) electrons. The molecule has 1 heterocycles. The standard InChI is InChI=1S/C25H30N2O5/c1-5-31-21-10-7-6-9-20(21)26-23-22(18-11-13-19(14-12-18)32-17(2)3)24(28)27(25(23)29)15-8-16-30-4/h6-7,9-14,17,26H,5,8,15-16H2,1-4H3. The molecule has 0 saturated heterocycles. The third-order valence-corrected chi connectivity index (χ3v) is 4.86. The summed E-state index contributed by atoms with van der Waals surface area (Å²) in [4.78, 5) is 27.8. The molecule has 0 saturated carbocycles. The lowest BCUT2D eigenvalue weighted by Crippen LogP contribution is -2.33. The number of methoxy groups -OCH3 is 1. The maximum absolute atomic E-state index is 13.3. The molecule has 0 spiro atoms. The minimum Gasteiger partial charge on any atom is -0.492 e. The number of nitrogens with one attached hydrogen (secondary N) is 1. The minimum atomic E-state index is -0.366. The highest BCUT2D eigenvalue weighted by Crippen LogP contribution is 2.34. The Hall–Kier alpha value is -3.32. The van der Waals surface area contributed by atoms with Crippen molar-refractivity contribution < 1.29 is 23.8 Å². The second kappa shape index (κ2) is 10.8. The number of para-hydroxylation sites is 2. The molecule has 2 aromatic rings. The number of benzene rings is 2. The van der Waals surface area contributed by atoms with Crippen LogP contribution in [0.3, 0.4) is 0 Å². The van der Waals surface area contributed by atoms with Gasteiger partial charge in [-0.1, -0.05) is 24.3 Å². The van der Waals surface area contributed by atoms with Crippen LogP contribution in [0.2, 0.25) is 0 Å². The third-order valence-electron chi connectivity index (χ3n) is 4.86. The highest BCUT2D eigenvalue weighted by atomic mass is 16.5. The molecule has 7 nitrogen and oxygen atoms in total. The fraction of sp³-hybridized carbons (Fsp3) is 0.360. The van der Waals surface area contributed by atoms with E-state index in [4.69, 9.17) is 14.2 Å². The SMILES string of the molecule is CCOc1ccccc1NC1=C(c2ccc(OC(C)C)cc2)C(=O)N(CCCOC)C1=O. The topological polar surface area (TPSA) is 77.1 Å². The number of ether oxygens (including phenoxy) is 3. The van der Waals surface area contributed by atoms with Crippen molar-refractivity contribution in [3.05, 3.63) is 59.8 Å². The predicted octanol–water partition coefficient (Wildman–Crippen LogP) is 4.10. The van der Waals surface area contributed by atoms with Crippen molar-refractivity contribution in [1.82, 2.24) is 4.90 Å². The zero-order valence-electron chi connectivity index (χ0n) is 19.0. The molecule has 2 amide bonds. The maximum atomic E-state index is 13.3. The summed E-state index contributed by atoms with van der Waals surface area (Å²) < 4.78 is 16.5. The first-order chi connectivity index (χ1) is 15.5. The van der Waals surface area contributed by atoms with Crippen LogP contribution in [0.25, 0.3) is 5.57 Å². The summed E-state index contributed by atoms with van der Waals surface area (Å²) in [6.07, 6.45) is 0.601. The smallest absolute Gasteiger partial charge is 0.278 e. The number of rotatable bonds is 11. The Bertz CT molecular complexity index is 982. The lowest BCUT2D eigenvalue weighted by Gasteiger charge is -2.15. The lowest BCUT2D eigenvalue weighted by molar-refractivity contribution is -0.136. The molecule has 0 atom stereocenters. The molecule has 0 aromatic heterocycles. The van der Waals surface area contributed by atoms with E-state index < -0.39 is 0 Å². The largest absolute Gasteiger partial charge is 0.492 e. The third kappa shape index (κ3) is 5.29. The van der Waals surface area contributed by atoms with E-state index in [1.165, 1.54) is 4.90 Å². The van der Waals surface area contributed by atoms with E-state index in [1.54, 1.807) is 31.4 Å². The van der Waals surface area contributed by atoms with E-state index in [0.29, 0.717) is 48.0 Å². The second-order valence-corrected chi connectivity index (χ2v) is 7.60. The predicted molar refractivity (Wildman–Crippen MR) is 124 cm³/mol. The summed E-state index contributed by atoms with van der Waals surface area (Å²) in [6.45, 7) is 7.02. The normalized spacial score (nSPS) is 13.8. The Kier molecular flexibility index (Phi) is 7.89. The summed E-state index contributed by atoms with van der Waals surface area (Å²) in [5.41, 5.74) is 1.83. The fourth-order valence-corrected chi connectivity index (χ4v) is 3.49. The van der Waals surface area contributed by atoms with Gasteiger partial charge in [-0.2, -0.15) is 0 Å². The van der Waals surface area contributed by atoms with Crippen molar-refractivity contribution >= 4 is 23.1 Å². The molecular weight excluding hydrogens is 408 g/mol. The van der Waals surface area contributed by atoms with Crippen LogP contribution in [0, 0.1) is 0 Å². The number of anilines is 1. The van der Waals surface area contributed by atoms with Gasteiger partial charge in [-0.3, -0.25) is 14.5 Å². The number of hydrogen-bond donors (Lipinski definition) is 1. The van der Waals surface area contributed by atoms with E-state index in [2.05, 4.69) is 5.32 Å². The number of hydrogen-bond acceptors (Lipinski definition) is 6. The van der Waals surface area contributed by atoms with Gasteiger partial charge in [-0.25, -0.2) is 0 Å². The fourth-order valence-electron chi connectivity index (χ4n) is 3.49. The molecule has 170 valence electrons. The second-order valence-electron chi connectivity index (χ2n) is 7.60. The quantitative estimate of drug-likeness (QED) is 0.420. The zero-order chi connectivity index (χ0) is 23.1. The molecule has 3 rings (SSSR count). The molecule has 32 heavy (non-hydrogen) atoms. The molecule has 0 aliphatic carbocycles. The number of nitrogens with zero attached hydrogens (tertiary/aromatic N) is 1.